The molecule has 1 aromatic carbocycles. The Hall–Kier alpha value is -1.39. The quantitative estimate of drug-likeness (QED) is 0.850. The summed E-state index contributed by atoms with van der Waals surface area (Å²) >= 11 is 0. The van der Waals surface area contributed by atoms with Crippen LogP contribution < -0.4 is 5.32 Å². The Balaban J connectivity index is 1.77. The Morgan fingerprint density at radius 2 is 2.00 bits per heavy atom. The highest BCUT2D eigenvalue weighted by Crippen LogP contribution is 2.22. The first-order valence-corrected chi connectivity index (χ1v) is 8.16. The van der Waals surface area contributed by atoms with Gasteiger partial charge in [0.2, 0.25) is 0 Å². The smallest absolute Gasteiger partial charge is 0.251 e. The van der Waals surface area contributed by atoms with Crippen LogP contribution in [0.15, 0.2) is 24.3 Å². The molecule has 0 saturated carbocycles. The number of carbonyl (C=O) groups excluding carboxylic acids is 1. The summed E-state index contributed by atoms with van der Waals surface area (Å²) in [5.74, 6) is 0.0214. The van der Waals surface area contributed by atoms with Gasteiger partial charge in [0.25, 0.3) is 5.91 Å². The van der Waals surface area contributed by atoms with Crippen molar-refractivity contribution in [1.29, 1.82) is 0 Å². The molecule has 0 atom stereocenters. The molecule has 22 heavy (non-hydrogen) atoms. The molecule has 4 heteroatoms. The van der Waals surface area contributed by atoms with Crippen LogP contribution in [-0.4, -0.2) is 50.2 Å². The van der Waals surface area contributed by atoms with E-state index in [9.17, 15) is 4.79 Å². The van der Waals surface area contributed by atoms with E-state index in [1.165, 1.54) is 5.56 Å². The SMILES string of the molecule is CC(C)(C)c1cccc(C(=O)NCCCN2CCOCC2)c1. The Bertz CT molecular complexity index is 488. The first-order valence-electron chi connectivity index (χ1n) is 8.16. The number of nitrogens with zero attached hydrogens (tertiary/aromatic N) is 1. The second-order valence-electron chi connectivity index (χ2n) is 6.89. The van der Waals surface area contributed by atoms with E-state index in [-0.39, 0.29) is 11.3 Å². The lowest BCUT2D eigenvalue weighted by Crippen LogP contribution is -2.38. The van der Waals surface area contributed by atoms with Gasteiger partial charge in [0, 0.05) is 25.2 Å². The van der Waals surface area contributed by atoms with Gasteiger partial charge < -0.3 is 10.1 Å². The van der Waals surface area contributed by atoms with Gasteiger partial charge in [-0.1, -0.05) is 32.9 Å². The molecule has 4 nitrogen and oxygen atoms in total. The highest BCUT2D eigenvalue weighted by atomic mass is 16.5. The van der Waals surface area contributed by atoms with E-state index >= 15 is 0 Å². The fourth-order valence-electron chi connectivity index (χ4n) is 2.56. The van der Waals surface area contributed by atoms with Gasteiger partial charge in [-0.25, -0.2) is 0 Å². The predicted octanol–water partition coefficient (Wildman–Crippen LogP) is 2.44. The maximum absolute atomic E-state index is 12.2. The Morgan fingerprint density at radius 3 is 2.68 bits per heavy atom. The molecule has 1 N–H and O–H groups in total. The zero-order chi connectivity index (χ0) is 16.0. The summed E-state index contributed by atoms with van der Waals surface area (Å²) in [6.45, 7) is 11.9. The molecular formula is C18H28N2O2. The largest absolute Gasteiger partial charge is 0.379 e. The monoisotopic (exact) mass is 304 g/mol. The summed E-state index contributed by atoms with van der Waals surface area (Å²) in [5, 5.41) is 3.02. The molecular weight excluding hydrogens is 276 g/mol. The summed E-state index contributed by atoms with van der Waals surface area (Å²) < 4.78 is 5.33. The highest BCUT2D eigenvalue weighted by Gasteiger charge is 2.15. The molecule has 1 aliphatic heterocycles. The van der Waals surface area contributed by atoms with Crippen LogP contribution in [0.1, 0.15) is 43.1 Å². The van der Waals surface area contributed by atoms with Crippen molar-refractivity contribution in [2.45, 2.75) is 32.6 Å². The normalized spacial score (nSPS) is 16.5. The summed E-state index contributed by atoms with van der Waals surface area (Å²) in [7, 11) is 0. The lowest BCUT2D eigenvalue weighted by Gasteiger charge is -2.26. The third kappa shape index (κ3) is 5.11. The standard InChI is InChI=1S/C18H28N2O2/c1-18(2,3)16-7-4-6-15(14-16)17(21)19-8-5-9-20-10-12-22-13-11-20/h4,6-7,14H,5,8-13H2,1-3H3,(H,19,21). The molecule has 1 fully saturated rings. The number of amides is 1. The van der Waals surface area contributed by atoms with Crippen LogP contribution in [0.3, 0.4) is 0 Å². The van der Waals surface area contributed by atoms with E-state index < -0.39 is 0 Å². The number of carbonyl (C=O) groups is 1. The van der Waals surface area contributed by atoms with Gasteiger partial charge in [-0.15, -0.1) is 0 Å². The summed E-state index contributed by atoms with van der Waals surface area (Å²) in [6, 6.07) is 7.92. The zero-order valence-electron chi connectivity index (χ0n) is 14.0. The fraction of sp³-hybridized carbons (Fsp3) is 0.611. The van der Waals surface area contributed by atoms with Crippen LogP contribution in [0.5, 0.6) is 0 Å². The van der Waals surface area contributed by atoms with Gasteiger partial charge in [0.15, 0.2) is 0 Å². The number of ether oxygens (including phenoxy) is 1. The van der Waals surface area contributed by atoms with E-state index in [2.05, 4.69) is 37.1 Å². The average molecular weight is 304 g/mol. The molecule has 0 radical (unpaired) electrons. The first-order chi connectivity index (χ1) is 10.5. The van der Waals surface area contributed by atoms with Crippen molar-refractivity contribution in [1.82, 2.24) is 10.2 Å². The van der Waals surface area contributed by atoms with E-state index in [1.54, 1.807) is 0 Å². The van der Waals surface area contributed by atoms with Gasteiger partial charge >= 0.3 is 0 Å². The average Bonchev–Trinajstić information content (AvgIpc) is 2.52. The molecule has 0 aromatic heterocycles. The summed E-state index contributed by atoms with van der Waals surface area (Å²) in [5.41, 5.74) is 2.00. The van der Waals surface area contributed by atoms with Gasteiger partial charge in [0.05, 0.1) is 13.2 Å². The highest BCUT2D eigenvalue weighted by molar-refractivity contribution is 5.94. The first kappa shape index (κ1) is 17.0. The van der Waals surface area contributed by atoms with Crippen LogP contribution in [0.2, 0.25) is 0 Å². The molecule has 1 amide bonds. The molecule has 0 bridgehead atoms. The van der Waals surface area contributed by atoms with Crippen LogP contribution in [0.25, 0.3) is 0 Å². The van der Waals surface area contributed by atoms with Gasteiger partial charge in [0.1, 0.15) is 0 Å². The van der Waals surface area contributed by atoms with Gasteiger partial charge in [-0.05, 0) is 36.1 Å². The number of rotatable bonds is 5. The van der Waals surface area contributed by atoms with E-state index in [0.29, 0.717) is 0 Å². The van der Waals surface area contributed by atoms with Crippen molar-refractivity contribution >= 4 is 5.91 Å². The molecule has 1 saturated heterocycles. The maximum Gasteiger partial charge on any atom is 0.251 e. The Labute approximate surface area is 133 Å². The molecule has 1 aromatic rings. The van der Waals surface area contributed by atoms with Crippen molar-refractivity contribution in [2.75, 3.05) is 39.4 Å². The third-order valence-corrected chi connectivity index (χ3v) is 4.03. The van der Waals surface area contributed by atoms with E-state index in [4.69, 9.17) is 4.74 Å². The lowest BCUT2D eigenvalue weighted by atomic mass is 9.86. The minimum Gasteiger partial charge on any atom is -0.379 e. The van der Waals surface area contributed by atoms with Crippen LogP contribution >= 0.6 is 0 Å². The van der Waals surface area contributed by atoms with E-state index in [0.717, 1.165) is 51.4 Å². The van der Waals surface area contributed by atoms with Gasteiger partial charge in [-0.3, -0.25) is 9.69 Å². The second-order valence-corrected chi connectivity index (χ2v) is 6.89. The van der Waals surface area contributed by atoms with Crippen molar-refractivity contribution < 1.29 is 9.53 Å². The number of hydrogen-bond donors (Lipinski definition) is 1. The third-order valence-electron chi connectivity index (χ3n) is 4.03. The molecule has 1 aliphatic rings. The van der Waals surface area contributed by atoms with Crippen molar-refractivity contribution in [3.63, 3.8) is 0 Å². The van der Waals surface area contributed by atoms with Gasteiger partial charge in [-0.2, -0.15) is 0 Å². The lowest BCUT2D eigenvalue weighted by molar-refractivity contribution is 0.0374. The fourth-order valence-corrected chi connectivity index (χ4v) is 2.56. The Kier molecular flexibility index (Phi) is 5.98. The topological polar surface area (TPSA) is 41.6 Å². The molecule has 0 aliphatic carbocycles. The minimum absolute atomic E-state index is 0.0214. The molecule has 2 rings (SSSR count). The van der Waals surface area contributed by atoms with Crippen molar-refractivity contribution in [3.05, 3.63) is 35.4 Å². The molecule has 1 heterocycles. The molecule has 0 unspecified atom stereocenters. The summed E-state index contributed by atoms with van der Waals surface area (Å²) in [4.78, 5) is 14.6. The summed E-state index contributed by atoms with van der Waals surface area (Å²) in [6.07, 6.45) is 0.977. The number of morpholine rings is 1. The second kappa shape index (κ2) is 7.75. The molecule has 122 valence electrons. The van der Waals surface area contributed by atoms with Crippen LogP contribution in [-0.2, 0) is 10.2 Å². The van der Waals surface area contributed by atoms with Crippen LogP contribution in [0, 0.1) is 0 Å². The number of benzene rings is 1. The predicted molar refractivity (Wildman–Crippen MR) is 89.4 cm³/mol. The molecule has 0 spiro atoms. The zero-order valence-corrected chi connectivity index (χ0v) is 14.0. The number of hydrogen-bond acceptors (Lipinski definition) is 3. The van der Waals surface area contributed by atoms with Crippen molar-refractivity contribution in [3.8, 4) is 0 Å². The van der Waals surface area contributed by atoms with Crippen LogP contribution in [0.4, 0.5) is 0 Å². The van der Waals surface area contributed by atoms with Crippen molar-refractivity contribution in [2.24, 2.45) is 0 Å². The van der Waals surface area contributed by atoms with E-state index in [1.807, 2.05) is 18.2 Å². The minimum atomic E-state index is 0.0214. The number of nitrogens with one attached hydrogen (secondary N) is 1. The Morgan fingerprint density at radius 1 is 1.27 bits per heavy atom. The maximum atomic E-state index is 12.2.